The zero-order valence-electron chi connectivity index (χ0n) is 11.5. The number of hydrogen-bond acceptors (Lipinski definition) is 4. The molecule has 0 aromatic rings. The minimum atomic E-state index is 0.275. The SMILES string of the molecule is CCNC(CCO)CN(C)CCN1CCCC1. The molecule has 0 aromatic carbocycles. The van der Waals surface area contributed by atoms with Crippen LogP contribution in [0.15, 0.2) is 0 Å². The zero-order valence-corrected chi connectivity index (χ0v) is 11.5. The molecule has 1 aliphatic heterocycles. The smallest absolute Gasteiger partial charge is 0.0446 e. The van der Waals surface area contributed by atoms with E-state index < -0.39 is 0 Å². The molecule has 4 nitrogen and oxygen atoms in total. The van der Waals surface area contributed by atoms with E-state index in [0.29, 0.717) is 6.04 Å². The van der Waals surface area contributed by atoms with Crippen molar-refractivity contribution < 1.29 is 5.11 Å². The highest BCUT2D eigenvalue weighted by Crippen LogP contribution is 2.06. The van der Waals surface area contributed by atoms with Gasteiger partial charge in [-0.3, -0.25) is 0 Å². The molecule has 0 bridgehead atoms. The van der Waals surface area contributed by atoms with Crippen molar-refractivity contribution in [3.05, 3.63) is 0 Å². The Morgan fingerprint density at radius 1 is 1.35 bits per heavy atom. The van der Waals surface area contributed by atoms with E-state index in [0.717, 1.165) is 26.1 Å². The van der Waals surface area contributed by atoms with E-state index >= 15 is 0 Å². The maximum atomic E-state index is 9.01. The average molecular weight is 243 g/mol. The molecule has 2 N–H and O–H groups in total. The molecule has 0 spiro atoms. The van der Waals surface area contributed by atoms with Crippen LogP contribution < -0.4 is 5.32 Å². The summed E-state index contributed by atoms with van der Waals surface area (Å²) in [7, 11) is 2.18. The van der Waals surface area contributed by atoms with Gasteiger partial charge >= 0.3 is 0 Å². The predicted octanol–water partition coefficient (Wildman–Crippen LogP) is 0.375. The van der Waals surface area contributed by atoms with E-state index in [1.807, 2.05) is 0 Å². The molecule has 4 heteroatoms. The molecule has 0 aliphatic carbocycles. The van der Waals surface area contributed by atoms with E-state index in [-0.39, 0.29) is 6.61 Å². The maximum Gasteiger partial charge on any atom is 0.0446 e. The summed E-state index contributed by atoms with van der Waals surface area (Å²) in [6.07, 6.45) is 3.59. The number of rotatable bonds is 9. The molecular weight excluding hydrogens is 214 g/mol. The lowest BCUT2D eigenvalue weighted by atomic mass is 10.2. The first-order valence-corrected chi connectivity index (χ1v) is 7.01. The lowest BCUT2D eigenvalue weighted by molar-refractivity contribution is 0.212. The molecule has 0 amide bonds. The Kier molecular flexibility index (Phi) is 7.77. The number of aliphatic hydroxyl groups is 1. The fourth-order valence-corrected chi connectivity index (χ4v) is 2.49. The molecule has 1 rings (SSSR count). The van der Waals surface area contributed by atoms with Gasteiger partial charge in [-0.15, -0.1) is 0 Å². The highest BCUT2D eigenvalue weighted by Gasteiger charge is 2.13. The molecule has 102 valence electrons. The molecule has 1 heterocycles. The van der Waals surface area contributed by atoms with Crippen molar-refractivity contribution in [2.75, 3.05) is 52.9 Å². The Labute approximate surface area is 106 Å². The van der Waals surface area contributed by atoms with Crippen LogP contribution in [-0.2, 0) is 0 Å². The third-order valence-electron chi connectivity index (χ3n) is 3.50. The standard InChI is InChI=1S/C13H29N3O/c1-3-14-13(6-11-17)12-15(2)9-10-16-7-4-5-8-16/h13-14,17H,3-12H2,1-2H3. The van der Waals surface area contributed by atoms with Crippen LogP contribution in [0.25, 0.3) is 0 Å². The summed E-state index contributed by atoms with van der Waals surface area (Å²) < 4.78 is 0. The van der Waals surface area contributed by atoms with Gasteiger partial charge in [-0.25, -0.2) is 0 Å². The first-order chi connectivity index (χ1) is 8.26. The predicted molar refractivity (Wildman–Crippen MR) is 72.3 cm³/mol. The second-order valence-corrected chi connectivity index (χ2v) is 5.08. The Morgan fingerprint density at radius 2 is 2.06 bits per heavy atom. The van der Waals surface area contributed by atoms with Gasteiger partial charge in [0.25, 0.3) is 0 Å². The third kappa shape index (κ3) is 6.36. The van der Waals surface area contributed by atoms with E-state index in [9.17, 15) is 0 Å². The Bertz CT molecular complexity index is 178. The molecule has 1 aliphatic rings. The van der Waals surface area contributed by atoms with Crippen LogP contribution in [-0.4, -0.2) is 73.9 Å². The molecule has 0 radical (unpaired) electrons. The van der Waals surface area contributed by atoms with Crippen LogP contribution >= 0.6 is 0 Å². The lowest BCUT2D eigenvalue weighted by Crippen LogP contribution is -2.42. The third-order valence-corrected chi connectivity index (χ3v) is 3.50. The molecule has 1 atom stereocenters. The molecule has 0 saturated carbocycles. The number of likely N-dealkylation sites (tertiary alicyclic amines) is 1. The molecule has 1 unspecified atom stereocenters. The average Bonchev–Trinajstić information content (AvgIpc) is 2.80. The summed E-state index contributed by atoms with van der Waals surface area (Å²) >= 11 is 0. The molecule has 1 saturated heterocycles. The van der Waals surface area contributed by atoms with Crippen molar-refractivity contribution in [3.8, 4) is 0 Å². The van der Waals surface area contributed by atoms with Crippen LogP contribution in [0.3, 0.4) is 0 Å². The van der Waals surface area contributed by atoms with Crippen molar-refractivity contribution in [1.82, 2.24) is 15.1 Å². The number of nitrogens with one attached hydrogen (secondary N) is 1. The second kappa shape index (κ2) is 8.86. The molecule has 0 aromatic heterocycles. The van der Waals surface area contributed by atoms with Crippen LogP contribution in [0.2, 0.25) is 0 Å². The Morgan fingerprint density at radius 3 is 2.65 bits per heavy atom. The van der Waals surface area contributed by atoms with Gasteiger partial charge < -0.3 is 20.2 Å². The summed E-state index contributed by atoms with van der Waals surface area (Å²) in [5.41, 5.74) is 0. The molecule has 1 fully saturated rings. The normalized spacial score (nSPS) is 19.1. The second-order valence-electron chi connectivity index (χ2n) is 5.08. The summed E-state index contributed by atoms with van der Waals surface area (Å²) in [6.45, 7) is 9.28. The molecule has 17 heavy (non-hydrogen) atoms. The summed E-state index contributed by atoms with van der Waals surface area (Å²) in [5, 5.41) is 12.4. The van der Waals surface area contributed by atoms with Gasteiger partial charge in [-0.2, -0.15) is 0 Å². The topological polar surface area (TPSA) is 38.7 Å². The van der Waals surface area contributed by atoms with Gasteiger partial charge in [-0.05, 0) is 45.9 Å². The number of hydrogen-bond donors (Lipinski definition) is 2. The fraction of sp³-hybridized carbons (Fsp3) is 1.00. The first-order valence-electron chi connectivity index (χ1n) is 7.01. The van der Waals surface area contributed by atoms with Gasteiger partial charge in [0.2, 0.25) is 0 Å². The van der Waals surface area contributed by atoms with E-state index in [1.165, 1.54) is 32.5 Å². The Hall–Kier alpha value is -0.160. The monoisotopic (exact) mass is 243 g/mol. The van der Waals surface area contributed by atoms with E-state index in [2.05, 4.69) is 29.1 Å². The largest absolute Gasteiger partial charge is 0.396 e. The van der Waals surface area contributed by atoms with Crippen molar-refractivity contribution in [2.45, 2.75) is 32.2 Å². The van der Waals surface area contributed by atoms with Gasteiger partial charge in [0, 0.05) is 32.3 Å². The summed E-state index contributed by atoms with van der Waals surface area (Å²) in [5.74, 6) is 0. The van der Waals surface area contributed by atoms with E-state index in [4.69, 9.17) is 5.11 Å². The minimum Gasteiger partial charge on any atom is -0.396 e. The summed E-state index contributed by atoms with van der Waals surface area (Å²) in [6, 6.07) is 0.425. The molecular formula is C13H29N3O. The minimum absolute atomic E-state index is 0.275. The Balaban J connectivity index is 2.14. The van der Waals surface area contributed by atoms with Gasteiger partial charge in [0.15, 0.2) is 0 Å². The van der Waals surface area contributed by atoms with Crippen molar-refractivity contribution in [1.29, 1.82) is 0 Å². The van der Waals surface area contributed by atoms with Crippen LogP contribution in [0.5, 0.6) is 0 Å². The van der Waals surface area contributed by atoms with Crippen LogP contribution in [0, 0.1) is 0 Å². The zero-order chi connectivity index (χ0) is 12.5. The lowest BCUT2D eigenvalue weighted by Gasteiger charge is -2.26. The van der Waals surface area contributed by atoms with Crippen molar-refractivity contribution in [3.63, 3.8) is 0 Å². The number of nitrogens with zero attached hydrogens (tertiary/aromatic N) is 2. The number of likely N-dealkylation sites (N-methyl/N-ethyl adjacent to an activating group) is 2. The highest BCUT2D eigenvalue weighted by molar-refractivity contribution is 4.72. The number of aliphatic hydroxyl groups excluding tert-OH is 1. The highest BCUT2D eigenvalue weighted by atomic mass is 16.3. The van der Waals surface area contributed by atoms with Crippen molar-refractivity contribution in [2.24, 2.45) is 0 Å². The van der Waals surface area contributed by atoms with Crippen molar-refractivity contribution >= 4 is 0 Å². The quantitative estimate of drug-likeness (QED) is 0.614. The fourth-order valence-electron chi connectivity index (χ4n) is 2.49. The van der Waals surface area contributed by atoms with Gasteiger partial charge in [-0.1, -0.05) is 6.92 Å². The van der Waals surface area contributed by atoms with Gasteiger partial charge in [0.1, 0.15) is 0 Å². The van der Waals surface area contributed by atoms with E-state index in [1.54, 1.807) is 0 Å². The van der Waals surface area contributed by atoms with Gasteiger partial charge in [0.05, 0.1) is 0 Å². The summed E-state index contributed by atoms with van der Waals surface area (Å²) in [4.78, 5) is 4.92. The van der Waals surface area contributed by atoms with Crippen LogP contribution in [0.4, 0.5) is 0 Å². The first kappa shape index (κ1) is 14.9. The van der Waals surface area contributed by atoms with Crippen LogP contribution in [0.1, 0.15) is 26.2 Å². The maximum absolute atomic E-state index is 9.01.